The molecule has 3 rings (SSSR count). The van der Waals surface area contributed by atoms with Crippen molar-refractivity contribution in [2.24, 2.45) is 5.92 Å². The Morgan fingerprint density at radius 2 is 2.00 bits per heavy atom. The smallest absolute Gasteiger partial charge is 0.322 e. The van der Waals surface area contributed by atoms with Gasteiger partial charge in [-0.25, -0.2) is 4.79 Å². The molecule has 0 saturated carbocycles. The molecule has 1 spiro atoms. The van der Waals surface area contributed by atoms with Crippen LogP contribution >= 0.6 is 0 Å². The summed E-state index contributed by atoms with van der Waals surface area (Å²) in [6.45, 7) is 3.96. The molecule has 0 bridgehead atoms. The van der Waals surface area contributed by atoms with Crippen LogP contribution in [0.2, 0.25) is 0 Å². The van der Waals surface area contributed by atoms with Crippen LogP contribution in [-0.4, -0.2) is 54.0 Å². The van der Waals surface area contributed by atoms with Gasteiger partial charge in [0.15, 0.2) is 0 Å². The molecule has 3 heterocycles. The molecule has 3 saturated heterocycles. The molecule has 3 aliphatic heterocycles. The van der Waals surface area contributed by atoms with Gasteiger partial charge in [-0.15, -0.1) is 0 Å². The van der Waals surface area contributed by atoms with Gasteiger partial charge in [0, 0.05) is 19.1 Å². The number of carbonyl (C=O) groups is 3. The zero-order valence-corrected chi connectivity index (χ0v) is 11.6. The zero-order valence-electron chi connectivity index (χ0n) is 11.6. The van der Waals surface area contributed by atoms with Gasteiger partial charge >= 0.3 is 6.03 Å². The Kier molecular flexibility index (Phi) is 3.16. The quantitative estimate of drug-likeness (QED) is 0.548. The average Bonchev–Trinajstić information content (AvgIpc) is 2.95. The molecule has 0 radical (unpaired) electrons. The lowest BCUT2D eigenvalue weighted by Gasteiger charge is -2.38. The fourth-order valence-electron chi connectivity index (χ4n) is 3.42. The van der Waals surface area contributed by atoms with E-state index in [0.717, 1.165) is 13.0 Å². The minimum absolute atomic E-state index is 0.0380. The molecule has 20 heavy (non-hydrogen) atoms. The number of likely N-dealkylation sites (tertiary alicyclic amines) is 1. The lowest BCUT2D eigenvalue weighted by atomic mass is 9.87. The van der Waals surface area contributed by atoms with Crippen molar-refractivity contribution < 1.29 is 14.4 Å². The van der Waals surface area contributed by atoms with Gasteiger partial charge in [-0.3, -0.25) is 14.9 Å². The van der Waals surface area contributed by atoms with E-state index in [1.807, 2.05) is 11.8 Å². The third kappa shape index (κ3) is 2.06. The van der Waals surface area contributed by atoms with Crippen molar-refractivity contribution in [3.63, 3.8) is 0 Å². The molecular weight excluding hydrogens is 260 g/mol. The molecule has 7 nitrogen and oxygen atoms in total. The van der Waals surface area contributed by atoms with Gasteiger partial charge in [0.25, 0.3) is 5.91 Å². The molecule has 4 amide bonds. The highest BCUT2D eigenvalue weighted by Crippen LogP contribution is 2.27. The Morgan fingerprint density at radius 3 is 2.50 bits per heavy atom. The molecule has 3 N–H and O–H groups in total. The van der Waals surface area contributed by atoms with E-state index in [-0.39, 0.29) is 23.8 Å². The fraction of sp³-hybridized carbons (Fsp3) is 0.769. The minimum Gasteiger partial charge on any atom is -0.342 e. The number of amides is 4. The predicted octanol–water partition coefficient (Wildman–Crippen LogP) is -0.815. The number of imide groups is 1. The Hall–Kier alpha value is -1.63. The number of urea groups is 1. The molecule has 2 atom stereocenters. The summed E-state index contributed by atoms with van der Waals surface area (Å²) in [6, 6.07) is -0.212. The van der Waals surface area contributed by atoms with Gasteiger partial charge in [-0.1, -0.05) is 0 Å². The largest absolute Gasteiger partial charge is 0.342 e. The molecule has 0 aromatic rings. The maximum absolute atomic E-state index is 12.5. The zero-order chi connectivity index (χ0) is 14.3. The Bertz CT molecular complexity index is 457. The Morgan fingerprint density at radius 1 is 1.30 bits per heavy atom. The molecule has 3 aliphatic rings. The van der Waals surface area contributed by atoms with Crippen molar-refractivity contribution in [2.75, 3.05) is 19.6 Å². The van der Waals surface area contributed by atoms with Crippen LogP contribution in [0, 0.1) is 5.92 Å². The lowest BCUT2D eigenvalue weighted by Crippen LogP contribution is -2.56. The second-order valence-electron chi connectivity index (χ2n) is 5.95. The van der Waals surface area contributed by atoms with Crippen LogP contribution < -0.4 is 16.0 Å². The Labute approximate surface area is 117 Å². The molecule has 2 unspecified atom stereocenters. The van der Waals surface area contributed by atoms with Crippen molar-refractivity contribution in [3.8, 4) is 0 Å². The average molecular weight is 280 g/mol. The molecule has 0 aliphatic carbocycles. The molecule has 0 aromatic heterocycles. The van der Waals surface area contributed by atoms with E-state index in [4.69, 9.17) is 0 Å². The SMILES string of the molecule is CC1NCCC1C(=O)N1CCC2(CC1)NC(=O)NC2=O. The third-order valence-electron chi connectivity index (χ3n) is 4.79. The molecular formula is C13H20N4O3. The van der Waals surface area contributed by atoms with E-state index in [9.17, 15) is 14.4 Å². The number of hydrogen-bond acceptors (Lipinski definition) is 4. The summed E-state index contributed by atoms with van der Waals surface area (Å²) < 4.78 is 0. The van der Waals surface area contributed by atoms with E-state index in [0.29, 0.717) is 25.9 Å². The summed E-state index contributed by atoms with van der Waals surface area (Å²) in [7, 11) is 0. The normalized spacial score (nSPS) is 32.4. The lowest BCUT2D eigenvalue weighted by molar-refractivity contribution is -0.139. The highest BCUT2D eigenvalue weighted by Gasteiger charge is 2.49. The first-order chi connectivity index (χ1) is 9.52. The first-order valence-electron chi connectivity index (χ1n) is 7.18. The number of nitrogens with zero attached hydrogens (tertiary/aromatic N) is 1. The van der Waals surface area contributed by atoms with Crippen LogP contribution in [0.5, 0.6) is 0 Å². The first kappa shape index (κ1) is 13.4. The van der Waals surface area contributed by atoms with E-state index >= 15 is 0 Å². The van der Waals surface area contributed by atoms with Gasteiger partial charge in [0.05, 0.1) is 5.92 Å². The summed E-state index contributed by atoms with van der Waals surface area (Å²) in [4.78, 5) is 37.4. The van der Waals surface area contributed by atoms with Crippen molar-refractivity contribution >= 4 is 17.8 Å². The third-order valence-corrected chi connectivity index (χ3v) is 4.79. The highest BCUT2D eigenvalue weighted by molar-refractivity contribution is 6.07. The maximum atomic E-state index is 12.5. The highest BCUT2D eigenvalue weighted by atomic mass is 16.2. The topological polar surface area (TPSA) is 90.5 Å². The van der Waals surface area contributed by atoms with E-state index in [1.165, 1.54) is 0 Å². The fourth-order valence-corrected chi connectivity index (χ4v) is 3.42. The second-order valence-corrected chi connectivity index (χ2v) is 5.95. The van der Waals surface area contributed by atoms with Crippen molar-refractivity contribution in [1.29, 1.82) is 0 Å². The van der Waals surface area contributed by atoms with Crippen molar-refractivity contribution in [3.05, 3.63) is 0 Å². The van der Waals surface area contributed by atoms with Crippen LogP contribution in [0.15, 0.2) is 0 Å². The predicted molar refractivity (Wildman–Crippen MR) is 70.8 cm³/mol. The monoisotopic (exact) mass is 280 g/mol. The van der Waals surface area contributed by atoms with Crippen LogP contribution in [0.25, 0.3) is 0 Å². The van der Waals surface area contributed by atoms with Gasteiger partial charge in [-0.2, -0.15) is 0 Å². The Balaban J connectivity index is 1.63. The maximum Gasteiger partial charge on any atom is 0.322 e. The van der Waals surface area contributed by atoms with Crippen LogP contribution in [0.3, 0.4) is 0 Å². The van der Waals surface area contributed by atoms with Crippen molar-refractivity contribution in [2.45, 2.75) is 37.8 Å². The van der Waals surface area contributed by atoms with Crippen LogP contribution in [-0.2, 0) is 9.59 Å². The molecule has 110 valence electrons. The number of rotatable bonds is 1. The summed E-state index contributed by atoms with van der Waals surface area (Å²) in [5.41, 5.74) is -0.798. The van der Waals surface area contributed by atoms with E-state index in [2.05, 4.69) is 16.0 Å². The first-order valence-corrected chi connectivity index (χ1v) is 7.18. The van der Waals surface area contributed by atoms with Gasteiger partial charge in [0.1, 0.15) is 5.54 Å². The van der Waals surface area contributed by atoms with Crippen LogP contribution in [0.1, 0.15) is 26.2 Å². The number of hydrogen-bond donors (Lipinski definition) is 3. The van der Waals surface area contributed by atoms with Gasteiger partial charge in [-0.05, 0) is 32.7 Å². The molecule has 3 fully saturated rings. The molecule has 0 aromatic carbocycles. The summed E-state index contributed by atoms with van der Waals surface area (Å²) in [5, 5.41) is 8.27. The number of carbonyl (C=O) groups excluding carboxylic acids is 3. The summed E-state index contributed by atoms with van der Waals surface area (Å²) in [6.07, 6.45) is 1.86. The summed E-state index contributed by atoms with van der Waals surface area (Å²) in [5.74, 6) is -0.0522. The number of nitrogens with one attached hydrogen (secondary N) is 3. The van der Waals surface area contributed by atoms with E-state index < -0.39 is 11.6 Å². The van der Waals surface area contributed by atoms with Crippen molar-refractivity contribution in [1.82, 2.24) is 20.9 Å². The second kappa shape index (κ2) is 4.73. The van der Waals surface area contributed by atoms with Gasteiger partial charge < -0.3 is 15.5 Å². The molecule has 7 heteroatoms. The number of piperidine rings is 1. The summed E-state index contributed by atoms with van der Waals surface area (Å²) >= 11 is 0. The van der Waals surface area contributed by atoms with E-state index in [1.54, 1.807) is 0 Å². The van der Waals surface area contributed by atoms with Crippen LogP contribution in [0.4, 0.5) is 4.79 Å². The standard InChI is InChI=1S/C13H20N4O3/c1-8-9(2-5-14-8)10(18)17-6-3-13(4-7-17)11(19)15-12(20)16-13/h8-9,14H,2-7H2,1H3,(H2,15,16,19,20). The van der Waals surface area contributed by atoms with Gasteiger partial charge in [0.2, 0.25) is 5.91 Å². The minimum atomic E-state index is -0.798.